The van der Waals surface area contributed by atoms with Gasteiger partial charge in [0.05, 0.1) is 24.0 Å². The highest BCUT2D eigenvalue weighted by Crippen LogP contribution is 2.28. The SMILES string of the molecule is O=C(O)N1CCC(Nc2ncnc3[nH]cc(C(=O)N4CC(Oc5ccccc5)C4)c23)CC1. The lowest BCUT2D eigenvalue weighted by molar-refractivity contribution is 0.0179. The molecule has 2 amide bonds. The molecule has 10 nitrogen and oxygen atoms in total. The Morgan fingerprint density at radius 1 is 1.09 bits per heavy atom. The zero-order valence-corrected chi connectivity index (χ0v) is 17.4. The third-order valence-corrected chi connectivity index (χ3v) is 5.99. The number of fused-ring (bicyclic) bond motifs is 1. The normalized spacial score (nSPS) is 17.2. The van der Waals surface area contributed by atoms with Crippen molar-refractivity contribution in [3.8, 4) is 5.75 Å². The smallest absolute Gasteiger partial charge is 0.407 e. The summed E-state index contributed by atoms with van der Waals surface area (Å²) in [6.45, 7) is 1.97. The summed E-state index contributed by atoms with van der Waals surface area (Å²) < 4.78 is 5.90. The first-order valence-electron chi connectivity index (χ1n) is 10.7. The van der Waals surface area contributed by atoms with Crippen LogP contribution < -0.4 is 10.1 Å². The van der Waals surface area contributed by atoms with Crippen LogP contribution in [0.3, 0.4) is 0 Å². The van der Waals surface area contributed by atoms with E-state index in [-0.39, 0.29) is 18.1 Å². The number of carbonyl (C=O) groups is 2. The van der Waals surface area contributed by atoms with Crippen molar-refractivity contribution >= 4 is 28.9 Å². The van der Waals surface area contributed by atoms with Crippen molar-refractivity contribution in [3.63, 3.8) is 0 Å². The van der Waals surface area contributed by atoms with Gasteiger partial charge in [0, 0.05) is 25.3 Å². The van der Waals surface area contributed by atoms with Gasteiger partial charge in [-0.2, -0.15) is 0 Å². The van der Waals surface area contributed by atoms with Crippen molar-refractivity contribution in [1.82, 2.24) is 24.8 Å². The van der Waals surface area contributed by atoms with Gasteiger partial charge >= 0.3 is 6.09 Å². The zero-order chi connectivity index (χ0) is 22.1. The molecule has 0 saturated carbocycles. The number of carboxylic acid groups (broad SMARTS) is 1. The molecule has 3 N–H and O–H groups in total. The van der Waals surface area contributed by atoms with Crippen molar-refractivity contribution in [1.29, 1.82) is 0 Å². The van der Waals surface area contributed by atoms with Gasteiger partial charge < -0.3 is 29.9 Å². The van der Waals surface area contributed by atoms with Crippen molar-refractivity contribution in [3.05, 3.63) is 48.4 Å². The van der Waals surface area contributed by atoms with E-state index in [1.807, 2.05) is 30.3 Å². The van der Waals surface area contributed by atoms with E-state index in [1.54, 1.807) is 11.1 Å². The van der Waals surface area contributed by atoms with Crippen LogP contribution in [0.5, 0.6) is 5.75 Å². The van der Waals surface area contributed by atoms with E-state index in [4.69, 9.17) is 9.84 Å². The van der Waals surface area contributed by atoms with Gasteiger partial charge in [0.2, 0.25) is 0 Å². The first-order valence-corrected chi connectivity index (χ1v) is 10.7. The summed E-state index contributed by atoms with van der Waals surface area (Å²) in [6, 6.07) is 9.66. The van der Waals surface area contributed by atoms with Crippen LogP contribution in [0.4, 0.5) is 10.6 Å². The molecule has 2 aliphatic rings. The monoisotopic (exact) mass is 436 g/mol. The largest absolute Gasteiger partial charge is 0.487 e. The summed E-state index contributed by atoms with van der Waals surface area (Å²) in [6.07, 6.45) is 3.56. The Balaban J connectivity index is 1.27. The molecule has 166 valence electrons. The number of H-pyrrole nitrogens is 1. The van der Waals surface area contributed by atoms with Crippen molar-refractivity contribution in [2.24, 2.45) is 0 Å². The van der Waals surface area contributed by atoms with E-state index >= 15 is 0 Å². The number of ether oxygens (including phenoxy) is 1. The second-order valence-electron chi connectivity index (χ2n) is 8.10. The van der Waals surface area contributed by atoms with Crippen molar-refractivity contribution < 1.29 is 19.4 Å². The average Bonchev–Trinajstić information content (AvgIpc) is 3.22. The van der Waals surface area contributed by atoms with Crippen molar-refractivity contribution in [2.45, 2.75) is 25.0 Å². The summed E-state index contributed by atoms with van der Waals surface area (Å²) in [5.41, 5.74) is 1.11. The third-order valence-electron chi connectivity index (χ3n) is 5.99. The summed E-state index contributed by atoms with van der Waals surface area (Å²) in [7, 11) is 0. The Morgan fingerprint density at radius 3 is 2.56 bits per heavy atom. The number of anilines is 1. The van der Waals surface area contributed by atoms with E-state index in [2.05, 4.69) is 20.3 Å². The van der Waals surface area contributed by atoms with Crippen LogP contribution in [0, 0.1) is 0 Å². The fourth-order valence-corrected chi connectivity index (χ4v) is 4.19. The molecule has 2 aliphatic heterocycles. The third kappa shape index (κ3) is 3.91. The molecular weight excluding hydrogens is 412 g/mol. The van der Waals surface area contributed by atoms with Crippen LogP contribution in [-0.2, 0) is 0 Å². The van der Waals surface area contributed by atoms with Crippen LogP contribution >= 0.6 is 0 Å². The fraction of sp³-hybridized carbons (Fsp3) is 0.364. The summed E-state index contributed by atoms with van der Waals surface area (Å²) >= 11 is 0. The number of aromatic amines is 1. The molecular formula is C22H24N6O4. The minimum absolute atomic E-state index is 0.0279. The highest BCUT2D eigenvalue weighted by molar-refractivity contribution is 6.09. The highest BCUT2D eigenvalue weighted by Gasteiger charge is 2.34. The van der Waals surface area contributed by atoms with Crippen LogP contribution in [0.1, 0.15) is 23.2 Å². The fourth-order valence-electron chi connectivity index (χ4n) is 4.19. The van der Waals surface area contributed by atoms with Crippen LogP contribution in [-0.4, -0.2) is 80.2 Å². The molecule has 1 aromatic carbocycles. The Labute approximate surface area is 184 Å². The number of carbonyl (C=O) groups excluding carboxylic acids is 1. The number of likely N-dealkylation sites (tertiary alicyclic amines) is 2. The molecule has 0 spiro atoms. The highest BCUT2D eigenvalue weighted by atomic mass is 16.5. The van der Waals surface area contributed by atoms with Gasteiger partial charge in [0.15, 0.2) is 0 Å². The lowest BCUT2D eigenvalue weighted by atomic mass is 10.0. The maximum atomic E-state index is 13.2. The van der Waals surface area contributed by atoms with Gasteiger partial charge in [-0.3, -0.25) is 4.79 Å². The minimum atomic E-state index is -0.893. The zero-order valence-electron chi connectivity index (χ0n) is 17.4. The number of para-hydroxylation sites is 1. The molecule has 2 fully saturated rings. The number of piperidine rings is 1. The Kier molecular flexibility index (Phi) is 5.26. The molecule has 0 atom stereocenters. The molecule has 0 aliphatic carbocycles. The summed E-state index contributed by atoms with van der Waals surface area (Å²) in [5, 5.41) is 13.2. The molecule has 4 heterocycles. The molecule has 5 rings (SSSR count). The molecule has 0 bridgehead atoms. The molecule has 32 heavy (non-hydrogen) atoms. The first-order chi connectivity index (χ1) is 15.6. The lowest BCUT2D eigenvalue weighted by Crippen LogP contribution is -2.56. The molecule has 0 radical (unpaired) electrons. The number of nitrogens with one attached hydrogen (secondary N) is 2. The molecule has 10 heteroatoms. The van der Waals surface area contributed by atoms with E-state index in [0.29, 0.717) is 61.4 Å². The number of nitrogens with zero attached hydrogens (tertiary/aromatic N) is 4. The maximum Gasteiger partial charge on any atom is 0.407 e. The topological polar surface area (TPSA) is 124 Å². The number of hydrogen-bond donors (Lipinski definition) is 3. The lowest BCUT2D eigenvalue weighted by Gasteiger charge is -2.39. The van der Waals surface area contributed by atoms with Gasteiger partial charge in [-0.1, -0.05) is 18.2 Å². The van der Waals surface area contributed by atoms with E-state index < -0.39 is 6.09 Å². The second kappa shape index (κ2) is 8.37. The number of amides is 2. The van der Waals surface area contributed by atoms with Gasteiger partial charge in [0.25, 0.3) is 5.91 Å². The summed E-state index contributed by atoms with van der Waals surface area (Å²) in [4.78, 5) is 39.2. The number of rotatable bonds is 5. The molecule has 0 unspecified atom stereocenters. The number of hydrogen-bond acceptors (Lipinski definition) is 6. The number of aromatic nitrogens is 3. The predicted octanol–water partition coefficient (Wildman–Crippen LogP) is 2.42. The van der Waals surface area contributed by atoms with E-state index in [9.17, 15) is 9.59 Å². The summed E-state index contributed by atoms with van der Waals surface area (Å²) in [5.74, 6) is 1.29. The predicted molar refractivity (Wildman–Crippen MR) is 117 cm³/mol. The van der Waals surface area contributed by atoms with Crippen LogP contribution in [0.25, 0.3) is 11.0 Å². The van der Waals surface area contributed by atoms with Crippen molar-refractivity contribution in [2.75, 3.05) is 31.5 Å². The first kappa shape index (κ1) is 20.1. The molecule has 2 saturated heterocycles. The molecule has 2 aromatic heterocycles. The quantitative estimate of drug-likeness (QED) is 0.561. The maximum absolute atomic E-state index is 13.2. The van der Waals surface area contributed by atoms with Crippen LogP contribution in [0.2, 0.25) is 0 Å². The van der Waals surface area contributed by atoms with Crippen LogP contribution in [0.15, 0.2) is 42.9 Å². The minimum Gasteiger partial charge on any atom is -0.487 e. The standard InChI is InChI=1S/C22H24N6O4/c29-21(28-11-16(12-28)32-15-4-2-1-3-5-15)17-10-23-19-18(17)20(25-13-24-19)26-14-6-8-27(9-7-14)22(30)31/h1-5,10,13-14,16H,6-9,11-12H2,(H,30,31)(H2,23,24,25,26). The van der Waals surface area contributed by atoms with Gasteiger partial charge in [-0.25, -0.2) is 14.8 Å². The Bertz CT molecular complexity index is 1120. The second-order valence-corrected chi connectivity index (χ2v) is 8.10. The van der Waals surface area contributed by atoms with Gasteiger partial charge in [0.1, 0.15) is 29.6 Å². The number of benzene rings is 1. The van der Waals surface area contributed by atoms with E-state index in [0.717, 1.165) is 5.75 Å². The average molecular weight is 436 g/mol. The van der Waals surface area contributed by atoms with Gasteiger partial charge in [-0.15, -0.1) is 0 Å². The Hall–Kier alpha value is -3.82. The van der Waals surface area contributed by atoms with Gasteiger partial charge in [-0.05, 0) is 25.0 Å². The molecule has 3 aromatic rings. The van der Waals surface area contributed by atoms with E-state index in [1.165, 1.54) is 11.2 Å². The Morgan fingerprint density at radius 2 is 1.84 bits per heavy atom.